The van der Waals surface area contributed by atoms with Crippen LogP contribution in [0.5, 0.6) is 5.75 Å². The van der Waals surface area contributed by atoms with Gasteiger partial charge in [-0.1, -0.05) is 17.4 Å². The van der Waals surface area contributed by atoms with E-state index in [4.69, 9.17) is 23.3 Å². The van der Waals surface area contributed by atoms with Gasteiger partial charge in [0.25, 0.3) is 0 Å². The van der Waals surface area contributed by atoms with Crippen molar-refractivity contribution in [3.63, 3.8) is 0 Å². The molecule has 2 heterocycles. The van der Waals surface area contributed by atoms with E-state index in [1.165, 1.54) is 56.6 Å². The van der Waals surface area contributed by atoms with Crippen LogP contribution in [0.3, 0.4) is 0 Å². The summed E-state index contributed by atoms with van der Waals surface area (Å²) in [4.78, 5) is 17.5. The van der Waals surface area contributed by atoms with Crippen LogP contribution in [0.1, 0.15) is 51.5 Å². The lowest BCUT2D eigenvalue weighted by Crippen LogP contribution is -2.52. The zero-order valence-corrected chi connectivity index (χ0v) is 33.3. The van der Waals surface area contributed by atoms with E-state index >= 15 is 4.39 Å². The Morgan fingerprint density at radius 1 is 1.23 bits per heavy atom. The Balaban J connectivity index is 1.29. The summed E-state index contributed by atoms with van der Waals surface area (Å²) in [6.45, 7) is 1.94. The van der Waals surface area contributed by atoms with E-state index in [2.05, 4.69) is 15.6 Å². The molecule has 1 saturated carbocycles. The first-order chi connectivity index (χ1) is 24.7. The molecule has 5 rings (SSSR count). The fraction of sp³-hybridized carbons (Fsp3) is 0.571. The number of nitrogens with one attached hydrogen (secondary N) is 2. The molecule has 0 unspecified atom stereocenters. The number of fused-ring (bicyclic) bond motifs is 1. The third-order valence-electron chi connectivity index (χ3n) is 8.37. The first-order valence-corrected chi connectivity index (χ1v) is 23.6. The molecule has 1 aliphatic carbocycles. The molecule has 17 heteroatoms. The predicted octanol–water partition coefficient (Wildman–Crippen LogP) is 6.05. The average molecular weight is 881 g/mol. The lowest BCUT2D eigenvalue weighted by molar-refractivity contribution is -0.147. The van der Waals surface area contributed by atoms with Gasteiger partial charge in [-0.15, -0.1) is 23.5 Å². The molecule has 0 radical (unpaired) electrons. The van der Waals surface area contributed by atoms with Crippen molar-refractivity contribution in [2.24, 2.45) is 0 Å². The van der Waals surface area contributed by atoms with Crippen molar-refractivity contribution in [3.8, 4) is 10.1 Å². The van der Waals surface area contributed by atoms with Gasteiger partial charge in [-0.25, -0.2) is 27.0 Å². The highest BCUT2D eigenvalue weighted by Gasteiger charge is 2.35. The summed E-state index contributed by atoms with van der Waals surface area (Å²) in [7, 11) is -3.04. The summed E-state index contributed by atoms with van der Waals surface area (Å²) < 4.78 is 88.3. The Morgan fingerprint density at radius 3 is 2.69 bits per heavy atom. The number of rotatable bonds is 17. The number of amides is 1. The molecule has 3 aromatic rings. The van der Waals surface area contributed by atoms with Gasteiger partial charge in [0.1, 0.15) is 12.3 Å². The molecule has 2 aromatic carbocycles. The van der Waals surface area contributed by atoms with Gasteiger partial charge in [0.15, 0.2) is 23.0 Å². The van der Waals surface area contributed by atoms with Crippen molar-refractivity contribution < 1.29 is 46.0 Å². The Morgan fingerprint density at radius 2 is 2.02 bits per heavy atom. The van der Waals surface area contributed by atoms with Gasteiger partial charge in [0, 0.05) is 30.2 Å². The highest BCUT2D eigenvalue weighted by atomic mass is 127. The number of aromatic nitrogens is 1. The second kappa shape index (κ2) is 18.1. The molecule has 12 nitrogen and oxygen atoms in total. The number of sulfonamides is 1. The fourth-order valence-corrected chi connectivity index (χ4v) is 10.2. The van der Waals surface area contributed by atoms with Gasteiger partial charge in [-0.05, 0) is 88.3 Å². The van der Waals surface area contributed by atoms with Gasteiger partial charge >= 0.3 is 6.09 Å². The maximum atomic E-state index is 15.2. The second-order valence-corrected chi connectivity index (χ2v) is 21.0. The summed E-state index contributed by atoms with van der Waals surface area (Å²) in [6, 6.07) is 7.84. The van der Waals surface area contributed by atoms with Crippen LogP contribution in [0.2, 0.25) is 0 Å². The molecular formula is C35H47F2IN4O8S2. The van der Waals surface area contributed by atoms with Gasteiger partial charge in [-0.3, -0.25) is 0 Å². The molecule has 2 aliphatic rings. The molecular weight excluding hydrogens is 833 g/mol. The van der Waals surface area contributed by atoms with Crippen molar-refractivity contribution in [1.29, 1.82) is 0 Å². The number of benzene rings is 2. The number of aliphatic hydroxyl groups excluding tert-OH is 1. The zero-order chi connectivity index (χ0) is 37.5. The number of methoxy groups -OCH3 is 1. The lowest BCUT2D eigenvalue weighted by Gasteiger charge is -2.32. The number of halogens is 3. The van der Waals surface area contributed by atoms with Crippen molar-refractivity contribution in [1.82, 2.24) is 14.6 Å². The monoisotopic (exact) mass is 880 g/mol. The molecule has 1 amide bonds. The zero-order valence-electron chi connectivity index (χ0n) is 29.5. The van der Waals surface area contributed by atoms with Crippen molar-refractivity contribution in [2.75, 3.05) is 47.8 Å². The highest BCUT2D eigenvalue weighted by molar-refractivity contribution is 14.2. The number of alkyl halides is 3. The van der Waals surface area contributed by atoms with E-state index in [-0.39, 0.29) is 30.0 Å². The van der Waals surface area contributed by atoms with Crippen LogP contribution in [0.15, 0.2) is 41.3 Å². The first kappa shape index (κ1) is 40.5. The molecule has 2 fully saturated rings. The number of thiazole rings is 1. The van der Waals surface area contributed by atoms with E-state index in [0.717, 1.165) is 36.4 Å². The summed E-state index contributed by atoms with van der Waals surface area (Å²) in [5.74, 6) is -0.655. The molecule has 0 spiro atoms. The van der Waals surface area contributed by atoms with Crippen molar-refractivity contribution in [3.05, 3.63) is 47.8 Å². The van der Waals surface area contributed by atoms with Gasteiger partial charge < -0.3 is 34.7 Å². The van der Waals surface area contributed by atoms with E-state index in [9.17, 15) is 22.7 Å². The number of carbonyl (C=O) groups excluding carboxylic acids is 1. The van der Waals surface area contributed by atoms with Gasteiger partial charge in [-0.2, -0.15) is 4.31 Å². The Bertz CT molecular complexity index is 1860. The minimum absolute atomic E-state index is 0.00343. The van der Waals surface area contributed by atoms with Crippen molar-refractivity contribution in [2.45, 2.75) is 87.4 Å². The van der Waals surface area contributed by atoms with Gasteiger partial charge in [0.05, 0.1) is 39.0 Å². The highest BCUT2D eigenvalue weighted by Crippen LogP contribution is 2.33. The lowest BCUT2D eigenvalue weighted by atomic mass is 10.0. The molecule has 1 aliphatic heterocycles. The summed E-state index contributed by atoms with van der Waals surface area (Å²) >= 11 is -0.757. The van der Waals surface area contributed by atoms with Crippen LogP contribution in [0, 0.1) is 10.1 Å². The maximum absolute atomic E-state index is 15.2. The molecule has 52 heavy (non-hydrogen) atoms. The predicted molar refractivity (Wildman–Crippen MR) is 205 cm³/mol. The van der Waals surface area contributed by atoms with E-state index < -0.39 is 72.0 Å². The standard InChI is InChI=1S/C35H47F2IN4O8S2/c1-35(2,37)21-42(52(45,46)25-11-12-27-31(19-25)51-33(40-27)39-24-9-10-24)20-29(43)28(18-23-8-13-30(47-4)26(36)17-23)41-34(44)49-16-14-38(3)22-50-32-7-5-6-15-48-32/h3,8,11-13,17,19,24,28-29,32,43H,5-7,9-10,14-16,18,20-22H2,1-2,4H3,(H,39,40)(H,41,44)/t28-,29+,32-/m0/s1. The van der Waals surface area contributed by atoms with E-state index in [1.54, 1.807) is 12.1 Å². The van der Waals surface area contributed by atoms with Crippen LogP contribution in [-0.4, -0.2) is 102 Å². The van der Waals surface area contributed by atoms with Crippen LogP contribution < -0.4 is 15.4 Å². The fourth-order valence-electron chi connectivity index (χ4n) is 5.53. The van der Waals surface area contributed by atoms with Crippen LogP contribution in [0.4, 0.5) is 18.7 Å². The minimum atomic E-state index is -4.37. The average Bonchev–Trinajstić information content (AvgIpc) is 3.81. The maximum Gasteiger partial charge on any atom is 0.407 e. The van der Waals surface area contributed by atoms with Crippen LogP contribution in [-0.2, 0) is 30.7 Å². The number of hydrogen-bond acceptors (Lipinski definition) is 11. The number of anilines is 1. The van der Waals surface area contributed by atoms with Crippen LogP contribution >= 0.6 is 30.5 Å². The molecule has 3 atom stereocenters. The number of hydrogen-bond donors (Lipinski definition) is 3. The second-order valence-electron chi connectivity index (χ2n) is 13.5. The molecule has 0 bridgehead atoms. The minimum Gasteiger partial charge on any atom is -0.494 e. The Labute approximate surface area is 314 Å². The quantitative estimate of drug-likeness (QED) is 0.108. The molecule has 3 N–H and O–H groups in total. The summed E-state index contributed by atoms with van der Waals surface area (Å²) in [5.41, 5.74) is -0.986. The Kier molecular flexibility index (Phi) is 14.1. The normalized spacial score (nSPS) is 18.0. The number of nitrogens with zero attached hydrogens (tertiary/aromatic N) is 2. The first-order valence-electron chi connectivity index (χ1n) is 17.1. The van der Waals surface area contributed by atoms with E-state index in [0.29, 0.717) is 42.6 Å². The summed E-state index contributed by atoms with van der Waals surface area (Å²) in [6.07, 6.45) is 2.11. The number of alkyl carbamates (subject to hydrolysis) is 1. The Hall–Kier alpha value is -2.64. The summed E-state index contributed by atoms with van der Waals surface area (Å²) in [5, 5.41) is 18.2. The molecule has 1 saturated heterocycles. The number of carbonyl (C=O) groups is 1. The third kappa shape index (κ3) is 11.9. The van der Waals surface area contributed by atoms with Crippen LogP contribution in [0.25, 0.3) is 10.2 Å². The topological polar surface area (TPSA) is 149 Å². The molecule has 1 aromatic heterocycles. The molecule has 288 valence electrons. The van der Waals surface area contributed by atoms with Crippen molar-refractivity contribution >= 4 is 61.9 Å². The largest absolute Gasteiger partial charge is 0.494 e. The smallest absolute Gasteiger partial charge is 0.407 e. The van der Waals surface area contributed by atoms with Gasteiger partial charge in [0.2, 0.25) is 10.0 Å². The van der Waals surface area contributed by atoms with E-state index in [1.807, 2.05) is 0 Å². The third-order valence-corrected chi connectivity index (χ3v) is 14.1. The number of ether oxygens (including phenoxy) is 4. The SMILES string of the molecule is C#I(CCOC(=O)N[C@@H](Cc1ccc(OC)c(F)c1)[C@H](O)CN(CC(C)(C)F)S(=O)(=O)c1ccc2nc(NC3CC3)sc2c1)CO[C@H]1CCCCO1. The number of aliphatic hydroxyl groups is 1.